The minimum atomic E-state index is -0.188. The van der Waals surface area contributed by atoms with Crippen LogP contribution in [0.1, 0.15) is 23.7 Å². The zero-order valence-corrected chi connectivity index (χ0v) is 11.8. The second-order valence-corrected chi connectivity index (χ2v) is 5.85. The van der Waals surface area contributed by atoms with Gasteiger partial charge in [0.05, 0.1) is 0 Å². The second kappa shape index (κ2) is 6.61. The SMILES string of the molecule is CC(=O)c1ccc(NC(=O)NCC2CCSC2)cc1. The molecule has 1 aliphatic heterocycles. The van der Waals surface area contributed by atoms with Crippen molar-refractivity contribution in [2.45, 2.75) is 13.3 Å². The maximum absolute atomic E-state index is 11.7. The summed E-state index contributed by atoms with van der Waals surface area (Å²) in [5.74, 6) is 2.94. The van der Waals surface area contributed by atoms with Gasteiger partial charge in [-0.15, -0.1) is 0 Å². The highest BCUT2D eigenvalue weighted by atomic mass is 32.2. The van der Waals surface area contributed by atoms with E-state index in [9.17, 15) is 9.59 Å². The van der Waals surface area contributed by atoms with Crippen LogP contribution in [0.4, 0.5) is 10.5 Å². The van der Waals surface area contributed by atoms with Gasteiger partial charge in [0.1, 0.15) is 0 Å². The summed E-state index contributed by atoms with van der Waals surface area (Å²) >= 11 is 1.94. The summed E-state index contributed by atoms with van der Waals surface area (Å²) in [6.45, 7) is 2.25. The number of amides is 2. The summed E-state index contributed by atoms with van der Waals surface area (Å²) in [7, 11) is 0. The average molecular weight is 278 g/mol. The van der Waals surface area contributed by atoms with Crippen molar-refractivity contribution in [2.75, 3.05) is 23.4 Å². The molecule has 2 rings (SSSR count). The lowest BCUT2D eigenvalue weighted by molar-refractivity contribution is 0.101. The van der Waals surface area contributed by atoms with E-state index in [2.05, 4.69) is 10.6 Å². The Hall–Kier alpha value is -1.49. The molecular formula is C14H18N2O2S. The molecule has 0 aliphatic carbocycles. The Balaban J connectivity index is 1.79. The van der Waals surface area contributed by atoms with E-state index in [-0.39, 0.29) is 11.8 Å². The van der Waals surface area contributed by atoms with E-state index in [1.54, 1.807) is 24.3 Å². The predicted octanol–water partition coefficient (Wildman–Crippen LogP) is 2.76. The number of anilines is 1. The van der Waals surface area contributed by atoms with Crippen LogP contribution in [0.25, 0.3) is 0 Å². The minimum absolute atomic E-state index is 0.0229. The van der Waals surface area contributed by atoms with Crippen molar-refractivity contribution in [3.8, 4) is 0 Å². The molecule has 5 heteroatoms. The Bertz CT molecular complexity index is 453. The van der Waals surface area contributed by atoms with Crippen molar-refractivity contribution in [3.05, 3.63) is 29.8 Å². The van der Waals surface area contributed by atoms with E-state index in [1.165, 1.54) is 19.1 Å². The molecule has 0 saturated carbocycles. The number of ketones is 1. The van der Waals surface area contributed by atoms with Gasteiger partial charge in [-0.05, 0) is 55.0 Å². The molecule has 1 heterocycles. The topological polar surface area (TPSA) is 58.2 Å². The molecule has 1 saturated heterocycles. The average Bonchev–Trinajstić information content (AvgIpc) is 2.90. The van der Waals surface area contributed by atoms with Gasteiger partial charge in [-0.1, -0.05) is 0 Å². The third kappa shape index (κ3) is 4.28. The quantitative estimate of drug-likeness (QED) is 0.833. The lowest BCUT2D eigenvalue weighted by atomic mass is 10.1. The number of rotatable bonds is 4. The Morgan fingerprint density at radius 3 is 2.63 bits per heavy atom. The van der Waals surface area contributed by atoms with E-state index in [0.717, 1.165) is 12.3 Å². The monoisotopic (exact) mass is 278 g/mol. The molecule has 0 bridgehead atoms. The molecular weight excluding hydrogens is 260 g/mol. The number of hydrogen-bond donors (Lipinski definition) is 2. The van der Waals surface area contributed by atoms with Gasteiger partial charge >= 0.3 is 6.03 Å². The van der Waals surface area contributed by atoms with Crippen molar-refractivity contribution in [3.63, 3.8) is 0 Å². The zero-order chi connectivity index (χ0) is 13.7. The predicted molar refractivity (Wildman–Crippen MR) is 78.9 cm³/mol. The Morgan fingerprint density at radius 1 is 1.32 bits per heavy atom. The van der Waals surface area contributed by atoms with E-state index in [4.69, 9.17) is 0 Å². The van der Waals surface area contributed by atoms with Crippen LogP contribution in [-0.2, 0) is 0 Å². The summed E-state index contributed by atoms with van der Waals surface area (Å²) in [6.07, 6.45) is 1.18. The first-order valence-corrected chi connectivity index (χ1v) is 7.54. The molecule has 4 nitrogen and oxygen atoms in total. The smallest absolute Gasteiger partial charge is 0.319 e. The fourth-order valence-electron chi connectivity index (χ4n) is 1.94. The second-order valence-electron chi connectivity index (χ2n) is 4.70. The van der Waals surface area contributed by atoms with E-state index < -0.39 is 0 Å². The highest BCUT2D eigenvalue weighted by molar-refractivity contribution is 7.99. The van der Waals surface area contributed by atoms with Crippen molar-refractivity contribution in [2.24, 2.45) is 5.92 Å². The maximum atomic E-state index is 11.7. The summed E-state index contributed by atoms with van der Waals surface area (Å²) in [5.41, 5.74) is 1.34. The standard InChI is InChI=1S/C14H18N2O2S/c1-10(17)12-2-4-13(5-3-12)16-14(18)15-8-11-6-7-19-9-11/h2-5,11H,6-9H2,1H3,(H2,15,16,18). The highest BCUT2D eigenvalue weighted by Crippen LogP contribution is 2.22. The third-order valence-electron chi connectivity index (χ3n) is 3.12. The maximum Gasteiger partial charge on any atom is 0.319 e. The number of benzene rings is 1. The third-order valence-corrected chi connectivity index (χ3v) is 4.36. The molecule has 102 valence electrons. The van der Waals surface area contributed by atoms with Gasteiger partial charge in [0, 0.05) is 17.8 Å². The molecule has 0 spiro atoms. The van der Waals surface area contributed by atoms with Gasteiger partial charge in [0.15, 0.2) is 5.78 Å². The highest BCUT2D eigenvalue weighted by Gasteiger charge is 2.15. The van der Waals surface area contributed by atoms with Crippen molar-refractivity contribution >= 4 is 29.3 Å². The van der Waals surface area contributed by atoms with Crippen LogP contribution < -0.4 is 10.6 Å². The van der Waals surface area contributed by atoms with Crippen LogP contribution in [0.3, 0.4) is 0 Å². The first-order chi connectivity index (χ1) is 9.15. The summed E-state index contributed by atoms with van der Waals surface area (Å²) in [4.78, 5) is 22.8. The van der Waals surface area contributed by atoms with E-state index in [1.807, 2.05) is 11.8 Å². The van der Waals surface area contributed by atoms with E-state index in [0.29, 0.717) is 17.2 Å². The van der Waals surface area contributed by atoms with Gasteiger partial charge in [0.2, 0.25) is 0 Å². The number of thioether (sulfide) groups is 1. The lowest BCUT2D eigenvalue weighted by Gasteiger charge is -2.11. The molecule has 1 aromatic rings. The first kappa shape index (κ1) is 13.9. The molecule has 1 fully saturated rings. The molecule has 1 unspecified atom stereocenters. The van der Waals surface area contributed by atoms with Crippen LogP contribution >= 0.6 is 11.8 Å². The molecule has 2 N–H and O–H groups in total. The van der Waals surface area contributed by atoms with Crippen molar-refractivity contribution in [1.82, 2.24) is 5.32 Å². The fraction of sp³-hybridized carbons (Fsp3) is 0.429. The molecule has 1 aliphatic rings. The van der Waals surface area contributed by atoms with Crippen LogP contribution in [0.2, 0.25) is 0 Å². The molecule has 19 heavy (non-hydrogen) atoms. The van der Waals surface area contributed by atoms with Gasteiger partial charge in [0.25, 0.3) is 0 Å². The van der Waals surface area contributed by atoms with Crippen LogP contribution in [0.5, 0.6) is 0 Å². The lowest BCUT2D eigenvalue weighted by Crippen LogP contribution is -2.33. The van der Waals surface area contributed by atoms with Gasteiger partial charge in [-0.2, -0.15) is 11.8 Å². The number of Topliss-reactive ketones (excluding diaryl/α,β-unsaturated/α-hetero) is 1. The Kier molecular flexibility index (Phi) is 4.85. The van der Waals surface area contributed by atoms with Crippen LogP contribution in [-0.4, -0.2) is 29.9 Å². The molecule has 0 aromatic heterocycles. The summed E-state index contributed by atoms with van der Waals surface area (Å²) < 4.78 is 0. The van der Waals surface area contributed by atoms with Crippen LogP contribution in [0, 0.1) is 5.92 Å². The molecule has 1 atom stereocenters. The van der Waals surface area contributed by atoms with Crippen LogP contribution in [0.15, 0.2) is 24.3 Å². The number of carbonyl (C=O) groups excluding carboxylic acids is 2. The van der Waals surface area contributed by atoms with Gasteiger partial charge < -0.3 is 10.6 Å². The summed E-state index contributed by atoms with van der Waals surface area (Å²) in [6, 6.07) is 6.72. The molecule has 2 amide bonds. The van der Waals surface area contributed by atoms with Crippen molar-refractivity contribution < 1.29 is 9.59 Å². The normalized spacial score (nSPS) is 18.1. The molecule has 0 radical (unpaired) electrons. The Labute approximate surface area is 117 Å². The number of carbonyl (C=O) groups is 2. The zero-order valence-electron chi connectivity index (χ0n) is 10.9. The largest absolute Gasteiger partial charge is 0.338 e. The molecule has 1 aromatic carbocycles. The fourth-order valence-corrected chi connectivity index (χ4v) is 3.23. The van der Waals surface area contributed by atoms with Gasteiger partial charge in [-0.3, -0.25) is 4.79 Å². The number of nitrogens with one attached hydrogen (secondary N) is 2. The number of urea groups is 1. The Morgan fingerprint density at radius 2 is 2.05 bits per heavy atom. The minimum Gasteiger partial charge on any atom is -0.338 e. The first-order valence-electron chi connectivity index (χ1n) is 6.39. The van der Waals surface area contributed by atoms with Crippen molar-refractivity contribution in [1.29, 1.82) is 0 Å². The van der Waals surface area contributed by atoms with Gasteiger partial charge in [-0.25, -0.2) is 4.79 Å². The summed E-state index contributed by atoms with van der Waals surface area (Å²) in [5, 5.41) is 5.64. The van der Waals surface area contributed by atoms with E-state index >= 15 is 0 Å². The number of hydrogen-bond acceptors (Lipinski definition) is 3.